The maximum Gasteiger partial charge on any atom is 0.244 e. The van der Waals surface area contributed by atoms with Crippen LogP contribution in [0.3, 0.4) is 0 Å². The summed E-state index contributed by atoms with van der Waals surface area (Å²) in [6.45, 7) is 0.376. The van der Waals surface area contributed by atoms with E-state index < -0.39 is 0 Å². The van der Waals surface area contributed by atoms with Gasteiger partial charge in [-0.1, -0.05) is 24.3 Å². The first-order valence-electron chi connectivity index (χ1n) is 6.65. The summed E-state index contributed by atoms with van der Waals surface area (Å²) in [7, 11) is 0. The highest BCUT2D eigenvalue weighted by atomic mass is 16.3. The summed E-state index contributed by atoms with van der Waals surface area (Å²) in [4.78, 5) is 16.2. The lowest BCUT2D eigenvalue weighted by Crippen LogP contribution is -2.19. The number of nitrogens with zero attached hydrogens (tertiary/aromatic N) is 1. The fraction of sp³-hybridized carbons (Fsp3) is 0.0588. The van der Waals surface area contributed by atoms with Gasteiger partial charge in [-0.3, -0.25) is 4.79 Å². The van der Waals surface area contributed by atoms with Crippen LogP contribution in [0, 0.1) is 0 Å². The van der Waals surface area contributed by atoms with Gasteiger partial charge in [0.1, 0.15) is 5.76 Å². The summed E-state index contributed by atoms with van der Waals surface area (Å²) in [5.41, 5.74) is 1.66. The third-order valence-electron chi connectivity index (χ3n) is 3.04. The third kappa shape index (κ3) is 3.36. The third-order valence-corrected chi connectivity index (χ3v) is 3.04. The first-order chi connectivity index (χ1) is 10.3. The zero-order chi connectivity index (χ0) is 14.5. The molecule has 2 aromatic heterocycles. The first kappa shape index (κ1) is 13.1. The Hall–Kier alpha value is -2.88. The molecule has 0 radical (unpaired) electrons. The van der Waals surface area contributed by atoms with Gasteiger partial charge in [-0.15, -0.1) is 0 Å². The Morgan fingerprint density at radius 3 is 2.90 bits per heavy atom. The molecule has 0 unspecified atom stereocenters. The molecule has 21 heavy (non-hydrogen) atoms. The molecule has 0 saturated carbocycles. The van der Waals surface area contributed by atoms with Gasteiger partial charge < -0.3 is 9.73 Å². The maximum absolute atomic E-state index is 11.7. The van der Waals surface area contributed by atoms with Crippen molar-refractivity contribution in [3.05, 3.63) is 72.3 Å². The van der Waals surface area contributed by atoms with Crippen LogP contribution in [-0.2, 0) is 11.3 Å². The zero-order valence-corrected chi connectivity index (χ0v) is 11.3. The second kappa shape index (κ2) is 6.05. The number of aromatic nitrogens is 1. The van der Waals surface area contributed by atoms with Crippen molar-refractivity contribution < 1.29 is 9.21 Å². The van der Waals surface area contributed by atoms with Crippen LogP contribution in [0.5, 0.6) is 0 Å². The van der Waals surface area contributed by atoms with Crippen LogP contribution >= 0.6 is 0 Å². The van der Waals surface area contributed by atoms with Crippen LogP contribution < -0.4 is 5.32 Å². The largest absolute Gasteiger partial charge is 0.467 e. The Balaban J connectivity index is 1.65. The molecule has 0 saturated heterocycles. The summed E-state index contributed by atoms with van der Waals surface area (Å²) in [5, 5.41) is 3.83. The van der Waals surface area contributed by atoms with E-state index in [-0.39, 0.29) is 5.91 Å². The second-order valence-electron chi connectivity index (χ2n) is 4.56. The summed E-state index contributed by atoms with van der Waals surface area (Å²) < 4.78 is 5.14. The van der Waals surface area contributed by atoms with Crippen LogP contribution in [0.15, 0.2) is 65.3 Å². The first-order valence-corrected chi connectivity index (χ1v) is 6.65. The van der Waals surface area contributed by atoms with Gasteiger partial charge in [0.15, 0.2) is 0 Å². The molecular formula is C17H14N2O2. The van der Waals surface area contributed by atoms with Crippen molar-refractivity contribution in [1.29, 1.82) is 0 Å². The Labute approximate surface area is 122 Å². The van der Waals surface area contributed by atoms with Crippen molar-refractivity contribution in [3.8, 4) is 0 Å². The van der Waals surface area contributed by atoms with Gasteiger partial charge in [-0.25, -0.2) is 4.98 Å². The number of benzene rings is 1. The average molecular weight is 278 g/mol. The molecule has 0 aliphatic rings. The zero-order valence-electron chi connectivity index (χ0n) is 11.3. The van der Waals surface area contributed by atoms with E-state index in [9.17, 15) is 4.79 Å². The fourth-order valence-corrected chi connectivity index (χ4v) is 1.98. The lowest BCUT2D eigenvalue weighted by atomic mass is 10.2. The highest BCUT2D eigenvalue weighted by Gasteiger charge is 1.99. The summed E-state index contributed by atoms with van der Waals surface area (Å²) in [6, 6.07) is 15.3. The number of nitrogens with one attached hydrogen (secondary N) is 1. The summed E-state index contributed by atoms with van der Waals surface area (Å²) in [5.74, 6) is 0.543. The second-order valence-corrected chi connectivity index (χ2v) is 4.56. The molecule has 1 N–H and O–H groups in total. The molecule has 1 amide bonds. The number of carbonyl (C=O) groups is 1. The quantitative estimate of drug-likeness (QED) is 0.746. The van der Waals surface area contributed by atoms with Gasteiger partial charge in [0.05, 0.1) is 24.0 Å². The van der Waals surface area contributed by atoms with Crippen LogP contribution in [-0.4, -0.2) is 10.9 Å². The molecule has 3 rings (SSSR count). The smallest absolute Gasteiger partial charge is 0.244 e. The lowest BCUT2D eigenvalue weighted by Gasteiger charge is -1.99. The van der Waals surface area contributed by atoms with Crippen molar-refractivity contribution in [2.45, 2.75) is 6.54 Å². The van der Waals surface area contributed by atoms with Crippen molar-refractivity contribution in [3.63, 3.8) is 0 Å². The Morgan fingerprint density at radius 2 is 2.05 bits per heavy atom. The Kier molecular flexibility index (Phi) is 3.78. The molecule has 0 fully saturated rings. The minimum Gasteiger partial charge on any atom is -0.467 e. The minimum absolute atomic E-state index is 0.179. The van der Waals surface area contributed by atoms with Crippen molar-refractivity contribution in [1.82, 2.24) is 10.3 Å². The number of fused-ring (bicyclic) bond motifs is 1. The van der Waals surface area contributed by atoms with Crippen LogP contribution in [0.1, 0.15) is 11.5 Å². The number of para-hydroxylation sites is 1. The van der Waals surface area contributed by atoms with E-state index in [1.54, 1.807) is 18.4 Å². The number of amides is 1. The van der Waals surface area contributed by atoms with Crippen molar-refractivity contribution in [2.24, 2.45) is 0 Å². The maximum atomic E-state index is 11.7. The Bertz CT molecular complexity index is 776. The summed E-state index contributed by atoms with van der Waals surface area (Å²) in [6.07, 6.45) is 4.75. The molecule has 0 aliphatic carbocycles. The molecule has 0 spiro atoms. The fourth-order valence-electron chi connectivity index (χ4n) is 1.98. The van der Waals surface area contributed by atoms with Gasteiger partial charge in [0.2, 0.25) is 5.91 Å². The van der Waals surface area contributed by atoms with Gasteiger partial charge >= 0.3 is 0 Å². The van der Waals surface area contributed by atoms with E-state index in [1.807, 2.05) is 42.5 Å². The molecule has 3 aromatic rings. The number of hydrogen-bond donors (Lipinski definition) is 1. The topological polar surface area (TPSA) is 55.1 Å². The number of rotatable bonds is 4. The van der Waals surface area contributed by atoms with Gasteiger partial charge in [-0.05, 0) is 30.3 Å². The van der Waals surface area contributed by atoms with Crippen molar-refractivity contribution in [2.75, 3.05) is 0 Å². The van der Waals surface area contributed by atoms with E-state index >= 15 is 0 Å². The highest BCUT2D eigenvalue weighted by Crippen LogP contribution is 2.12. The predicted molar refractivity (Wildman–Crippen MR) is 81.3 cm³/mol. The molecule has 0 bridgehead atoms. The molecule has 2 heterocycles. The number of furan rings is 1. The van der Waals surface area contributed by atoms with E-state index in [1.165, 1.54) is 6.08 Å². The standard InChI is InChI=1S/C17H14N2O2/c20-17(18-12-15-5-3-11-21-15)10-9-14-8-7-13-4-1-2-6-16(13)19-14/h1-11H,12H2,(H,18,20)/b10-9+. The SMILES string of the molecule is O=C(/C=C/c1ccc2ccccc2n1)NCc1ccco1. The minimum atomic E-state index is -0.179. The normalized spacial score (nSPS) is 11.0. The molecular weight excluding hydrogens is 264 g/mol. The molecule has 4 nitrogen and oxygen atoms in total. The highest BCUT2D eigenvalue weighted by molar-refractivity contribution is 5.91. The van der Waals surface area contributed by atoms with Crippen LogP contribution in [0.4, 0.5) is 0 Å². The van der Waals surface area contributed by atoms with E-state index in [4.69, 9.17) is 4.42 Å². The number of carbonyl (C=O) groups excluding carboxylic acids is 1. The number of hydrogen-bond acceptors (Lipinski definition) is 3. The molecule has 0 aliphatic heterocycles. The molecule has 4 heteroatoms. The van der Waals surface area contributed by atoms with E-state index in [0.717, 1.165) is 22.4 Å². The van der Waals surface area contributed by atoms with E-state index in [2.05, 4.69) is 10.3 Å². The van der Waals surface area contributed by atoms with Gasteiger partial charge in [-0.2, -0.15) is 0 Å². The van der Waals surface area contributed by atoms with E-state index in [0.29, 0.717) is 6.54 Å². The molecule has 0 atom stereocenters. The van der Waals surface area contributed by atoms with Crippen molar-refractivity contribution >= 4 is 22.9 Å². The average Bonchev–Trinajstić information content (AvgIpc) is 3.04. The lowest BCUT2D eigenvalue weighted by molar-refractivity contribution is -0.116. The van der Waals surface area contributed by atoms with Gasteiger partial charge in [0.25, 0.3) is 0 Å². The predicted octanol–water partition coefficient (Wildman–Crippen LogP) is 3.16. The molecule has 1 aromatic carbocycles. The number of pyridine rings is 1. The van der Waals surface area contributed by atoms with Gasteiger partial charge in [0, 0.05) is 11.5 Å². The molecule has 104 valence electrons. The van der Waals surface area contributed by atoms with Crippen LogP contribution in [0.2, 0.25) is 0 Å². The summed E-state index contributed by atoms with van der Waals surface area (Å²) >= 11 is 0. The monoisotopic (exact) mass is 278 g/mol. The Morgan fingerprint density at radius 1 is 1.14 bits per heavy atom. The van der Waals surface area contributed by atoms with Crippen LogP contribution in [0.25, 0.3) is 17.0 Å².